The predicted molar refractivity (Wildman–Crippen MR) is 77.4 cm³/mol. The second-order valence-electron chi connectivity index (χ2n) is 6.10. The fourth-order valence-corrected chi connectivity index (χ4v) is 3.97. The summed E-state index contributed by atoms with van der Waals surface area (Å²) in [4.78, 5) is 2.64. The second-order valence-corrected chi connectivity index (χ2v) is 6.10. The van der Waals surface area contributed by atoms with Gasteiger partial charge in [-0.15, -0.1) is 0 Å². The normalized spacial score (nSPS) is 30.5. The number of hydrogen-bond acceptors (Lipinski definition) is 3. The van der Waals surface area contributed by atoms with E-state index in [-0.39, 0.29) is 0 Å². The molecule has 2 aliphatic rings. The molecular formula is C16H24N2O. The molecule has 19 heavy (non-hydrogen) atoms. The van der Waals surface area contributed by atoms with Crippen LogP contribution < -0.4 is 10.5 Å². The lowest BCUT2D eigenvalue weighted by Gasteiger charge is -2.30. The zero-order chi connectivity index (χ0) is 13.3. The molecule has 0 amide bonds. The average molecular weight is 260 g/mol. The molecule has 0 radical (unpaired) electrons. The Kier molecular flexibility index (Phi) is 3.50. The second kappa shape index (κ2) is 5.14. The fraction of sp³-hybridized carbons (Fsp3) is 0.625. The van der Waals surface area contributed by atoms with Gasteiger partial charge in [0, 0.05) is 18.6 Å². The predicted octanol–water partition coefficient (Wildman–Crippen LogP) is 2.05. The number of benzene rings is 1. The van der Waals surface area contributed by atoms with Gasteiger partial charge in [-0.25, -0.2) is 0 Å². The molecule has 3 rings (SSSR count). The van der Waals surface area contributed by atoms with E-state index in [2.05, 4.69) is 29.2 Å². The van der Waals surface area contributed by atoms with Gasteiger partial charge in [-0.1, -0.05) is 12.1 Å². The molecule has 2 aliphatic heterocycles. The van der Waals surface area contributed by atoms with Gasteiger partial charge in [0.15, 0.2) is 0 Å². The summed E-state index contributed by atoms with van der Waals surface area (Å²) in [5.41, 5.74) is 7.79. The lowest BCUT2D eigenvalue weighted by Crippen LogP contribution is -2.44. The first-order chi connectivity index (χ1) is 9.25. The van der Waals surface area contributed by atoms with E-state index in [0.717, 1.165) is 18.2 Å². The first-order valence-corrected chi connectivity index (χ1v) is 7.34. The highest BCUT2D eigenvalue weighted by atomic mass is 16.5. The maximum atomic E-state index is 6.05. The van der Waals surface area contributed by atoms with Crippen LogP contribution in [0.25, 0.3) is 0 Å². The highest BCUT2D eigenvalue weighted by molar-refractivity contribution is 5.27. The molecular weight excluding hydrogens is 236 g/mol. The topological polar surface area (TPSA) is 38.5 Å². The third-order valence-electron chi connectivity index (χ3n) is 4.95. The van der Waals surface area contributed by atoms with Crippen LogP contribution in [0, 0.1) is 5.92 Å². The first-order valence-electron chi connectivity index (χ1n) is 7.34. The summed E-state index contributed by atoms with van der Waals surface area (Å²) in [6.45, 7) is 3.30. The quantitative estimate of drug-likeness (QED) is 0.900. The van der Waals surface area contributed by atoms with E-state index in [4.69, 9.17) is 10.5 Å². The number of methoxy groups -OCH3 is 1. The van der Waals surface area contributed by atoms with Gasteiger partial charge in [-0.2, -0.15) is 0 Å². The van der Waals surface area contributed by atoms with Crippen LogP contribution in [0.15, 0.2) is 24.3 Å². The van der Waals surface area contributed by atoms with Gasteiger partial charge in [-0.05, 0) is 55.8 Å². The molecule has 0 aliphatic carbocycles. The van der Waals surface area contributed by atoms with E-state index in [9.17, 15) is 0 Å². The molecule has 2 atom stereocenters. The first kappa shape index (κ1) is 12.9. The third kappa shape index (κ3) is 2.37. The number of rotatable bonds is 4. The molecule has 1 aromatic carbocycles. The van der Waals surface area contributed by atoms with Crippen molar-refractivity contribution in [3.8, 4) is 5.75 Å². The summed E-state index contributed by atoms with van der Waals surface area (Å²) in [6, 6.07) is 8.50. The number of nitrogens with two attached hydrogens (primary N) is 1. The lowest BCUT2D eigenvalue weighted by atomic mass is 9.87. The summed E-state index contributed by atoms with van der Waals surface area (Å²) in [5, 5.41) is 0. The van der Waals surface area contributed by atoms with Gasteiger partial charge in [-0.3, -0.25) is 4.90 Å². The van der Waals surface area contributed by atoms with Gasteiger partial charge < -0.3 is 10.5 Å². The van der Waals surface area contributed by atoms with Gasteiger partial charge >= 0.3 is 0 Å². The highest BCUT2D eigenvalue weighted by Crippen LogP contribution is 2.41. The van der Waals surface area contributed by atoms with Crippen molar-refractivity contribution in [1.82, 2.24) is 4.90 Å². The van der Waals surface area contributed by atoms with Crippen LogP contribution in [0.3, 0.4) is 0 Å². The van der Waals surface area contributed by atoms with Crippen LogP contribution >= 0.6 is 0 Å². The van der Waals surface area contributed by atoms with Crippen LogP contribution in [-0.4, -0.2) is 37.2 Å². The summed E-state index contributed by atoms with van der Waals surface area (Å²) >= 11 is 0. The largest absolute Gasteiger partial charge is 0.497 e. The van der Waals surface area contributed by atoms with Crippen molar-refractivity contribution >= 4 is 0 Å². The van der Waals surface area contributed by atoms with Crippen molar-refractivity contribution in [3.05, 3.63) is 29.8 Å². The molecule has 0 unspecified atom stereocenters. The maximum absolute atomic E-state index is 6.05. The Morgan fingerprint density at radius 3 is 2.79 bits per heavy atom. The molecule has 2 saturated heterocycles. The van der Waals surface area contributed by atoms with Crippen molar-refractivity contribution in [2.75, 3.05) is 26.7 Å². The summed E-state index contributed by atoms with van der Waals surface area (Å²) < 4.78 is 5.21. The number of hydrogen-bond donors (Lipinski definition) is 1. The van der Waals surface area contributed by atoms with Gasteiger partial charge in [0.25, 0.3) is 0 Å². The van der Waals surface area contributed by atoms with E-state index in [1.54, 1.807) is 7.11 Å². The summed E-state index contributed by atoms with van der Waals surface area (Å²) in [7, 11) is 1.71. The highest BCUT2D eigenvalue weighted by Gasteiger charge is 2.46. The molecule has 2 heterocycles. The Balaban J connectivity index is 1.65. The fourth-order valence-electron chi connectivity index (χ4n) is 3.97. The molecule has 0 saturated carbocycles. The number of fused-ring (bicyclic) bond motifs is 1. The van der Waals surface area contributed by atoms with Gasteiger partial charge in [0.2, 0.25) is 0 Å². The van der Waals surface area contributed by atoms with Crippen LogP contribution in [0.5, 0.6) is 5.75 Å². The minimum Gasteiger partial charge on any atom is -0.497 e. The lowest BCUT2D eigenvalue weighted by molar-refractivity contribution is 0.204. The Bertz CT molecular complexity index is 431. The van der Waals surface area contributed by atoms with Gasteiger partial charge in [0.05, 0.1) is 7.11 Å². The molecule has 3 nitrogen and oxygen atoms in total. The molecule has 104 valence electrons. The zero-order valence-electron chi connectivity index (χ0n) is 11.8. The van der Waals surface area contributed by atoms with E-state index in [1.807, 2.05) is 0 Å². The van der Waals surface area contributed by atoms with Crippen molar-refractivity contribution in [3.63, 3.8) is 0 Å². The van der Waals surface area contributed by atoms with Crippen LogP contribution in [0.4, 0.5) is 0 Å². The van der Waals surface area contributed by atoms with Crippen molar-refractivity contribution in [1.29, 1.82) is 0 Å². The van der Waals surface area contributed by atoms with Gasteiger partial charge in [0.1, 0.15) is 5.75 Å². The summed E-state index contributed by atoms with van der Waals surface area (Å²) in [5.74, 6) is 1.70. The molecule has 0 bridgehead atoms. The number of ether oxygens (including phenoxy) is 1. The van der Waals surface area contributed by atoms with Crippen molar-refractivity contribution in [2.45, 2.75) is 31.2 Å². The SMILES string of the molecule is COc1ccc(C[C@H]2CN3CCC[C@]3(CN)C2)cc1. The minimum atomic E-state index is 0.330. The standard InChI is InChI=1S/C16H24N2O/c1-19-15-5-3-13(4-6-15)9-14-10-16(12-17)7-2-8-18(16)11-14/h3-6,14H,2,7-12,17H2,1H3/t14-,16-/m1/s1. The van der Waals surface area contributed by atoms with Crippen LogP contribution in [0.1, 0.15) is 24.8 Å². The minimum absolute atomic E-state index is 0.330. The summed E-state index contributed by atoms with van der Waals surface area (Å²) in [6.07, 6.45) is 5.06. The van der Waals surface area contributed by atoms with E-state index in [1.165, 1.54) is 44.3 Å². The average Bonchev–Trinajstić information content (AvgIpc) is 2.96. The molecule has 3 heteroatoms. The number of nitrogens with zero attached hydrogens (tertiary/aromatic N) is 1. The van der Waals surface area contributed by atoms with Crippen molar-refractivity contribution in [2.24, 2.45) is 11.7 Å². The van der Waals surface area contributed by atoms with E-state index >= 15 is 0 Å². The molecule has 0 aromatic heterocycles. The van der Waals surface area contributed by atoms with Crippen LogP contribution in [-0.2, 0) is 6.42 Å². The van der Waals surface area contributed by atoms with E-state index in [0.29, 0.717) is 5.54 Å². The molecule has 2 fully saturated rings. The Morgan fingerprint density at radius 2 is 2.16 bits per heavy atom. The Labute approximate surface area is 115 Å². The van der Waals surface area contributed by atoms with Crippen LogP contribution in [0.2, 0.25) is 0 Å². The van der Waals surface area contributed by atoms with Crippen molar-refractivity contribution < 1.29 is 4.74 Å². The molecule has 2 N–H and O–H groups in total. The monoisotopic (exact) mass is 260 g/mol. The smallest absolute Gasteiger partial charge is 0.118 e. The molecule has 1 aromatic rings. The van der Waals surface area contributed by atoms with E-state index < -0.39 is 0 Å². The Hall–Kier alpha value is -1.06. The zero-order valence-corrected chi connectivity index (χ0v) is 11.8. The maximum Gasteiger partial charge on any atom is 0.118 e. The molecule has 0 spiro atoms. The Morgan fingerprint density at radius 1 is 1.37 bits per heavy atom. The third-order valence-corrected chi connectivity index (χ3v) is 4.95.